The maximum atomic E-state index is 5.24. The van der Waals surface area contributed by atoms with Gasteiger partial charge in [0, 0.05) is 22.7 Å². The molecule has 0 atom stereocenters. The van der Waals surface area contributed by atoms with E-state index in [0.29, 0.717) is 0 Å². The van der Waals surface area contributed by atoms with E-state index in [1.807, 2.05) is 6.20 Å². The summed E-state index contributed by atoms with van der Waals surface area (Å²) in [4.78, 5) is 15.3. The topological polar surface area (TPSA) is 43.1 Å². The van der Waals surface area contributed by atoms with Gasteiger partial charge in [-0.05, 0) is 45.6 Å². The summed E-state index contributed by atoms with van der Waals surface area (Å²) in [5, 5.41) is 1.01. The van der Waals surface area contributed by atoms with Crippen molar-refractivity contribution in [2.45, 2.75) is 105 Å². The quantitative estimate of drug-likeness (QED) is 0.273. The van der Waals surface area contributed by atoms with Gasteiger partial charge in [-0.3, -0.25) is 9.38 Å². The molecule has 0 fully saturated rings. The van der Waals surface area contributed by atoms with Gasteiger partial charge in [0.15, 0.2) is 0 Å². The first-order valence-corrected chi connectivity index (χ1v) is 12.6. The molecule has 1 aliphatic carbocycles. The fourth-order valence-corrected chi connectivity index (χ4v) is 5.79. The molecular formula is C30H40N4. The van der Waals surface area contributed by atoms with Crippen molar-refractivity contribution in [3.63, 3.8) is 0 Å². The maximum absolute atomic E-state index is 5.24. The summed E-state index contributed by atoms with van der Waals surface area (Å²) in [6.45, 7) is 27.7. The number of hydrogen-bond donors (Lipinski definition) is 0. The van der Waals surface area contributed by atoms with Crippen molar-refractivity contribution in [3.8, 4) is 0 Å². The Balaban J connectivity index is 1.94. The van der Waals surface area contributed by atoms with E-state index in [1.54, 1.807) is 0 Å². The molecule has 4 aromatic rings. The lowest BCUT2D eigenvalue weighted by molar-refractivity contribution is 0.125. The fraction of sp³-hybridized carbons (Fsp3) is 0.567. The van der Waals surface area contributed by atoms with E-state index >= 15 is 0 Å². The van der Waals surface area contributed by atoms with Crippen molar-refractivity contribution in [2.24, 2.45) is 5.41 Å². The van der Waals surface area contributed by atoms with E-state index in [0.717, 1.165) is 39.1 Å². The van der Waals surface area contributed by atoms with Gasteiger partial charge in [0.05, 0.1) is 21.9 Å². The van der Waals surface area contributed by atoms with Crippen molar-refractivity contribution < 1.29 is 0 Å². The van der Waals surface area contributed by atoms with Crippen LogP contribution in [0.2, 0.25) is 0 Å². The number of aromatic nitrogens is 4. The highest BCUT2D eigenvalue weighted by Gasteiger charge is 2.57. The van der Waals surface area contributed by atoms with Gasteiger partial charge in [0.25, 0.3) is 0 Å². The molecule has 0 bridgehead atoms. The van der Waals surface area contributed by atoms with Crippen molar-refractivity contribution in [1.29, 1.82) is 0 Å². The number of nitrogens with zero attached hydrogens (tertiary/aromatic N) is 4. The SMILES string of the molecule is CC(C)(C)c1cc2nc(C(C)(C)C)n3c4cc5c(cc4nc3c2cn1)C(C)(C)C(C)(C)C5(C)C. The summed E-state index contributed by atoms with van der Waals surface area (Å²) in [6, 6.07) is 6.91. The van der Waals surface area contributed by atoms with E-state index < -0.39 is 0 Å². The molecule has 0 aliphatic heterocycles. The van der Waals surface area contributed by atoms with Crippen LogP contribution in [0, 0.1) is 5.41 Å². The van der Waals surface area contributed by atoms with E-state index in [1.165, 1.54) is 11.1 Å². The zero-order valence-corrected chi connectivity index (χ0v) is 23.1. The fourth-order valence-electron chi connectivity index (χ4n) is 5.79. The van der Waals surface area contributed by atoms with Crippen molar-refractivity contribution >= 4 is 27.6 Å². The Kier molecular flexibility index (Phi) is 4.37. The second-order valence-corrected chi connectivity index (χ2v) is 14.1. The summed E-state index contributed by atoms with van der Waals surface area (Å²) >= 11 is 0. The van der Waals surface area contributed by atoms with E-state index in [2.05, 4.69) is 106 Å². The monoisotopic (exact) mass is 456 g/mol. The van der Waals surface area contributed by atoms with Gasteiger partial charge in [-0.15, -0.1) is 0 Å². The van der Waals surface area contributed by atoms with Crippen LogP contribution in [0.3, 0.4) is 0 Å². The number of hydrogen-bond acceptors (Lipinski definition) is 3. The molecule has 0 radical (unpaired) electrons. The molecule has 1 aliphatic rings. The van der Waals surface area contributed by atoms with Crippen LogP contribution in [-0.2, 0) is 21.7 Å². The van der Waals surface area contributed by atoms with Crippen molar-refractivity contribution in [2.75, 3.05) is 0 Å². The summed E-state index contributed by atoms with van der Waals surface area (Å²) in [5.41, 5.74) is 8.05. The Morgan fingerprint density at radius 3 is 1.85 bits per heavy atom. The molecule has 0 saturated heterocycles. The number of pyridine rings is 1. The second kappa shape index (κ2) is 6.38. The first-order chi connectivity index (χ1) is 15.4. The molecule has 5 rings (SSSR count). The molecule has 0 saturated carbocycles. The molecule has 4 nitrogen and oxygen atoms in total. The molecule has 180 valence electrons. The van der Waals surface area contributed by atoms with E-state index in [-0.39, 0.29) is 27.1 Å². The first kappa shape index (κ1) is 23.3. The highest BCUT2D eigenvalue weighted by molar-refractivity contribution is 5.97. The molecule has 4 heteroatoms. The van der Waals surface area contributed by atoms with Gasteiger partial charge in [0.2, 0.25) is 0 Å². The summed E-state index contributed by atoms with van der Waals surface area (Å²) in [7, 11) is 0. The minimum atomic E-state index is -0.141. The number of fused-ring (bicyclic) bond motifs is 6. The lowest BCUT2D eigenvalue weighted by atomic mass is 9.59. The third-order valence-corrected chi connectivity index (χ3v) is 9.27. The van der Waals surface area contributed by atoms with Crippen LogP contribution < -0.4 is 0 Å². The molecule has 0 amide bonds. The average molecular weight is 457 g/mol. The normalized spacial score (nSPS) is 19.3. The molecule has 0 N–H and O–H groups in total. The minimum absolute atomic E-state index is 0.0329. The molecule has 34 heavy (non-hydrogen) atoms. The second-order valence-electron chi connectivity index (χ2n) is 14.1. The number of benzene rings is 1. The van der Waals surface area contributed by atoms with Gasteiger partial charge in [-0.25, -0.2) is 9.97 Å². The molecule has 1 aromatic carbocycles. The molecule has 0 unspecified atom stereocenters. The lowest BCUT2D eigenvalue weighted by Crippen LogP contribution is -2.42. The Labute approximate surface area is 204 Å². The van der Waals surface area contributed by atoms with E-state index in [4.69, 9.17) is 15.0 Å². The van der Waals surface area contributed by atoms with Crippen molar-refractivity contribution in [3.05, 3.63) is 47.0 Å². The predicted molar refractivity (Wildman–Crippen MR) is 143 cm³/mol. The Hall–Kier alpha value is -2.49. The first-order valence-electron chi connectivity index (χ1n) is 12.6. The highest BCUT2D eigenvalue weighted by Crippen LogP contribution is 2.62. The average Bonchev–Trinajstić information content (AvgIpc) is 3.12. The predicted octanol–water partition coefficient (Wildman–Crippen LogP) is 7.62. The summed E-state index contributed by atoms with van der Waals surface area (Å²) in [5.74, 6) is 1.04. The van der Waals surface area contributed by atoms with Crippen LogP contribution in [0.15, 0.2) is 24.4 Å². The van der Waals surface area contributed by atoms with E-state index in [9.17, 15) is 0 Å². The van der Waals surface area contributed by atoms with Crippen molar-refractivity contribution in [1.82, 2.24) is 19.4 Å². The number of rotatable bonds is 0. The van der Waals surface area contributed by atoms with Gasteiger partial charge in [0.1, 0.15) is 11.5 Å². The van der Waals surface area contributed by atoms with Crippen LogP contribution in [0.25, 0.3) is 27.6 Å². The molecular weight excluding hydrogens is 416 g/mol. The zero-order valence-electron chi connectivity index (χ0n) is 23.1. The van der Waals surface area contributed by atoms with Crippen LogP contribution in [0.1, 0.15) is 106 Å². The van der Waals surface area contributed by atoms with Crippen LogP contribution >= 0.6 is 0 Å². The summed E-state index contributed by atoms with van der Waals surface area (Å²) < 4.78 is 2.30. The number of imidazole rings is 1. The van der Waals surface area contributed by atoms with Gasteiger partial charge in [-0.1, -0.05) is 83.1 Å². The van der Waals surface area contributed by atoms with Crippen LogP contribution in [0.5, 0.6) is 0 Å². The Morgan fingerprint density at radius 2 is 1.29 bits per heavy atom. The third kappa shape index (κ3) is 2.80. The summed E-state index contributed by atoms with van der Waals surface area (Å²) in [6.07, 6.45) is 1.97. The smallest absolute Gasteiger partial charge is 0.150 e. The molecule has 0 spiro atoms. The molecule has 3 aromatic heterocycles. The van der Waals surface area contributed by atoms with Gasteiger partial charge in [-0.2, -0.15) is 0 Å². The minimum Gasteiger partial charge on any atom is -0.279 e. The highest BCUT2D eigenvalue weighted by atomic mass is 15.1. The van der Waals surface area contributed by atoms with Gasteiger partial charge >= 0.3 is 0 Å². The van der Waals surface area contributed by atoms with Gasteiger partial charge < -0.3 is 0 Å². The Morgan fingerprint density at radius 1 is 0.706 bits per heavy atom. The standard InChI is InChI=1S/C30H40N4/c1-26(2,3)23-15-20-17(16-31-23)24-32-21-13-18-19(29(9,10)30(11,12)28(18,7)8)14-22(21)34(24)25(33-20)27(4,5)6/h13-16H,1-12H3. The van der Waals surface area contributed by atoms with Crippen LogP contribution in [-0.4, -0.2) is 19.4 Å². The largest absolute Gasteiger partial charge is 0.279 e. The lowest BCUT2D eigenvalue weighted by Gasteiger charge is -2.44. The zero-order chi connectivity index (χ0) is 25.2. The molecule has 3 heterocycles. The maximum Gasteiger partial charge on any atom is 0.150 e. The van der Waals surface area contributed by atoms with Crippen LogP contribution in [0.4, 0.5) is 0 Å². The third-order valence-electron chi connectivity index (χ3n) is 9.27. The Bertz CT molecular complexity index is 1480.